The van der Waals surface area contributed by atoms with Crippen molar-refractivity contribution < 1.29 is 14.6 Å². The maximum atomic E-state index is 10.9. The summed E-state index contributed by atoms with van der Waals surface area (Å²) in [5.41, 5.74) is 2.22. The Morgan fingerprint density at radius 1 is 1.15 bits per heavy atom. The predicted octanol–water partition coefficient (Wildman–Crippen LogP) is 2.82. The van der Waals surface area contributed by atoms with E-state index >= 15 is 0 Å². The van der Waals surface area contributed by atoms with Gasteiger partial charge in [0, 0.05) is 11.6 Å². The van der Waals surface area contributed by atoms with E-state index in [0.29, 0.717) is 17.9 Å². The normalized spacial score (nSPS) is 19.9. The van der Waals surface area contributed by atoms with Crippen molar-refractivity contribution in [3.8, 4) is 5.75 Å². The SMILES string of the molecule is Cc1cc(OCC[NH+]2CCC(Cc3ccccc3)CC2)ccc1[N+](=O)[O-]. The summed E-state index contributed by atoms with van der Waals surface area (Å²) in [6, 6.07) is 15.7. The van der Waals surface area contributed by atoms with E-state index in [1.54, 1.807) is 24.0 Å². The first-order valence-corrected chi connectivity index (χ1v) is 9.37. The Balaban J connectivity index is 1.39. The van der Waals surface area contributed by atoms with Crippen LogP contribution in [-0.2, 0) is 6.42 Å². The van der Waals surface area contributed by atoms with Crippen LogP contribution in [-0.4, -0.2) is 31.2 Å². The van der Waals surface area contributed by atoms with E-state index in [1.165, 1.54) is 44.0 Å². The Kier molecular flexibility index (Phi) is 6.23. The highest BCUT2D eigenvalue weighted by atomic mass is 16.6. The van der Waals surface area contributed by atoms with Gasteiger partial charge in [-0.2, -0.15) is 0 Å². The second-order valence-corrected chi connectivity index (χ2v) is 7.19. The van der Waals surface area contributed by atoms with Gasteiger partial charge >= 0.3 is 0 Å². The van der Waals surface area contributed by atoms with Gasteiger partial charge in [-0.25, -0.2) is 0 Å². The second kappa shape index (κ2) is 8.81. The van der Waals surface area contributed by atoms with Crippen molar-refractivity contribution in [1.29, 1.82) is 0 Å². The van der Waals surface area contributed by atoms with E-state index in [9.17, 15) is 10.1 Å². The van der Waals surface area contributed by atoms with Gasteiger partial charge in [0.2, 0.25) is 0 Å². The van der Waals surface area contributed by atoms with E-state index in [-0.39, 0.29) is 10.6 Å². The molecular formula is C21H27N2O3+. The van der Waals surface area contributed by atoms with Gasteiger partial charge < -0.3 is 9.64 Å². The molecule has 138 valence electrons. The third-order valence-corrected chi connectivity index (χ3v) is 5.27. The van der Waals surface area contributed by atoms with Gasteiger partial charge in [0.05, 0.1) is 18.0 Å². The van der Waals surface area contributed by atoms with Crippen LogP contribution < -0.4 is 9.64 Å². The van der Waals surface area contributed by atoms with E-state index in [0.717, 1.165) is 12.5 Å². The number of ether oxygens (including phenoxy) is 1. The van der Waals surface area contributed by atoms with Crippen molar-refractivity contribution in [2.24, 2.45) is 5.92 Å². The summed E-state index contributed by atoms with van der Waals surface area (Å²) >= 11 is 0. The van der Waals surface area contributed by atoms with Gasteiger partial charge in [0.25, 0.3) is 5.69 Å². The number of nitrogens with zero attached hydrogens (tertiary/aromatic N) is 1. The molecule has 1 N–H and O–H groups in total. The van der Waals surface area contributed by atoms with Crippen molar-refractivity contribution in [2.45, 2.75) is 26.2 Å². The molecule has 5 nitrogen and oxygen atoms in total. The van der Waals surface area contributed by atoms with Crippen LogP contribution in [0.2, 0.25) is 0 Å². The third-order valence-electron chi connectivity index (χ3n) is 5.27. The number of aryl methyl sites for hydroxylation is 1. The van der Waals surface area contributed by atoms with Gasteiger partial charge in [-0.05, 0) is 49.8 Å². The fraction of sp³-hybridized carbons (Fsp3) is 0.429. The summed E-state index contributed by atoms with van der Waals surface area (Å²) in [6.45, 7) is 5.76. The van der Waals surface area contributed by atoms with Crippen molar-refractivity contribution >= 4 is 5.69 Å². The van der Waals surface area contributed by atoms with E-state index in [2.05, 4.69) is 30.3 Å². The average molecular weight is 355 g/mol. The van der Waals surface area contributed by atoms with E-state index in [1.807, 2.05) is 0 Å². The van der Waals surface area contributed by atoms with Crippen LogP contribution in [0.5, 0.6) is 5.75 Å². The van der Waals surface area contributed by atoms with Crippen molar-refractivity contribution in [1.82, 2.24) is 0 Å². The number of quaternary nitrogens is 1. The van der Waals surface area contributed by atoms with Crippen LogP contribution in [0, 0.1) is 23.0 Å². The molecule has 0 radical (unpaired) electrons. The number of nitro groups is 1. The molecule has 1 heterocycles. The zero-order valence-electron chi connectivity index (χ0n) is 15.3. The highest BCUT2D eigenvalue weighted by Gasteiger charge is 2.22. The fourth-order valence-corrected chi connectivity index (χ4v) is 3.72. The third kappa shape index (κ3) is 5.05. The van der Waals surface area contributed by atoms with Gasteiger partial charge in [-0.15, -0.1) is 0 Å². The smallest absolute Gasteiger partial charge is 0.272 e. The molecule has 0 saturated carbocycles. The lowest BCUT2D eigenvalue weighted by Crippen LogP contribution is -3.13. The molecule has 0 amide bonds. The lowest BCUT2D eigenvalue weighted by Gasteiger charge is -2.29. The zero-order valence-corrected chi connectivity index (χ0v) is 15.3. The first-order chi connectivity index (χ1) is 12.6. The highest BCUT2D eigenvalue weighted by Crippen LogP contribution is 2.23. The number of nitrogens with one attached hydrogen (secondary N) is 1. The lowest BCUT2D eigenvalue weighted by molar-refractivity contribution is -0.906. The molecule has 0 spiro atoms. The number of rotatable bonds is 7. The number of benzene rings is 2. The molecular weight excluding hydrogens is 328 g/mol. The number of hydrogen-bond acceptors (Lipinski definition) is 3. The molecule has 0 atom stereocenters. The number of likely N-dealkylation sites (tertiary alicyclic amines) is 1. The first kappa shape index (κ1) is 18.4. The number of nitro benzene ring substituents is 1. The van der Waals surface area contributed by atoms with Crippen molar-refractivity contribution in [3.05, 3.63) is 69.8 Å². The monoisotopic (exact) mass is 355 g/mol. The van der Waals surface area contributed by atoms with Gasteiger partial charge in [0.1, 0.15) is 18.9 Å². The minimum atomic E-state index is -0.358. The Morgan fingerprint density at radius 3 is 2.54 bits per heavy atom. The molecule has 1 fully saturated rings. The maximum absolute atomic E-state index is 10.9. The molecule has 2 aromatic carbocycles. The lowest BCUT2D eigenvalue weighted by atomic mass is 9.90. The summed E-state index contributed by atoms with van der Waals surface area (Å²) in [5.74, 6) is 1.51. The largest absolute Gasteiger partial charge is 0.488 e. The zero-order chi connectivity index (χ0) is 18.4. The Morgan fingerprint density at radius 2 is 1.88 bits per heavy atom. The predicted molar refractivity (Wildman–Crippen MR) is 102 cm³/mol. The Hall–Kier alpha value is -2.40. The summed E-state index contributed by atoms with van der Waals surface area (Å²) in [6.07, 6.45) is 3.72. The molecule has 5 heteroatoms. The first-order valence-electron chi connectivity index (χ1n) is 9.37. The van der Waals surface area contributed by atoms with Gasteiger partial charge in [-0.3, -0.25) is 10.1 Å². The quantitative estimate of drug-likeness (QED) is 0.614. The van der Waals surface area contributed by atoms with E-state index < -0.39 is 0 Å². The molecule has 0 unspecified atom stereocenters. The Bertz CT molecular complexity index is 725. The summed E-state index contributed by atoms with van der Waals surface area (Å²) in [7, 11) is 0. The molecule has 2 aromatic rings. The average Bonchev–Trinajstić information content (AvgIpc) is 2.64. The van der Waals surface area contributed by atoms with Crippen LogP contribution >= 0.6 is 0 Å². The summed E-state index contributed by atoms with van der Waals surface area (Å²) in [5, 5.41) is 10.9. The van der Waals surface area contributed by atoms with Crippen LogP contribution in [0.4, 0.5) is 5.69 Å². The summed E-state index contributed by atoms with van der Waals surface area (Å²) in [4.78, 5) is 12.1. The number of piperidine rings is 1. The standard InChI is InChI=1S/C21H26N2O3/c1-17-15-20(7-8-21(17)23(24)25)26-14-13-22-11-9-19(10-12-22)16-18-5-3-2-4-6-18/h2-8,15,19H,9-14,16H2,1H3/p+1. The molecule has 0 bridgehead atoms. The molecule has 0 aromatic heterocycles. The molecule has 26 heavy (non-hydrogen) atoms. The van der Waals surface area contributed by atoms with Crippen LogP contribution in [0.15, 0.2) is 48.5 Å². The molecule has 1 aliphatic rings. The van der Waals surface area contributed by atoms with Crippen molar-refractivity contribution in [2.75, 3.05) is 26.2 Å². The minimum Gasteiger partial charge on any atom is -0.488 e. The van der Waals surface area contributed by atoms with Gasteiger partial charge in [-0.1, -0.05) is 30.3 Å². The topological polar surface area (TPSA) is 56.8 Å². The molecule has 0 aliphatic carbocycles. The van der Waals surface area contributed by atoms with Crippen LogP contribution in [0.3, 0.4) is 0 Å². The van der Waals surface area contributed by atoms with Crippen molar-refractivity contribution in [3.63, 3.8) is 0 Å². The fourth-order valence-electron chi connectivity index (χ4n) is 3.72. The summed E-state index contributed by atoms with van der Waals surface area (Å²) < 4.78 is 5.80. The number of hydrogen-bond donors (Lipinski definition) is 1. The van der Waals surface area contributed by atoms with Gasteiger partial charge in [0.15, 0.2) is 0 Å². The molecule has 3 rings (SSSR count). The molecule has 1 aliphatic heterocycles. The van der Waals surface area contributed by atoms with Crippen LogP contribution in [0.1, 0.15) is 24.0 Å². The molecule has 1 saturated heterocycles. The second-order valence-electron chi connectivity index (χ2n) is 7.19. The Labute approximate surface area is 154 Å². The van der Waals surface area contributed by atoms with Crippen LogP contribution in [0.25, 0.3) is 0 Å². The maximum Gasteiger partial charge on any atom is 0.272 e. The highest BCUT2D eigenvalue weighted by molar-refractivity contribution is 5.44. The van der Waals surface area contributed by atoms with E-state index in [4.69, 9.17) is 4.74 Å². The minimum absolute atomic E-state index is 0.142.